The molecule has 0 saturated heterocycles. The molecular formula is C10H10O5. The minimum Gasteiger partial charge on any atom is -0.461 e. The molecule has 0 heterocycles. The molecule has 0 amide bonds. The Morgan fingerprint density at radius 2 is 1.87 bits per heavy atom. The third-order valence-corrected chi connectivity index (χ3v) is 1.57. The molecule has 0 aliphatic heterocycles. The van der Waals surface area contributed by atoms with Gasteiger partial charge in [-0.1, -0.05) is 12.1 Å². The van der Waals surface area contributed by atoms with Gasteiger partial charge in [0.05, 0.1) is 0 Å². The lowest BCUT2D eigenvalue weighted by Crippen LogP contribution is -2.03. The molecule has 0 saturated carbocycles. The van der Waals surface area contributed by atoms with Crippen molar-refractivity contribution < 1.29 is 24.2 Å². The van der Waals surface area contributed by atoms with Crippen molar-refractivity contribution >= 4 is 12.1 Å². The number of esters is 1. The number of carbonyl (C=O) groups is 2. The first-order chi connectivity index (χ1) is 7.08. The molecule has 1 aromatic rings. The molecule has 5 nitrogen and oxygen atoms in total. The molecule has 0 atom stereocenters. The largest absolute Gasteiger partial charge is 0.511 e. The van der Waals surface area contributed by atoms with Crippen LogP contribution in [-0.4, -0.2) is 17.2 Å². The Kier molecular flexibility index (Phi) is 3.68. The number of ether oxygens (including phenoxy) is 2. The van der Waals surface area contributed by atoms with Gasteiger partial charge in [0.25, 0.3) is 0 Å². The molecule has 1 rings (SSSR count). The number of hydrogen-bond donors (Lipinski definition) is 1. The van der Waals surface area contributed by atoms with Crippen LogP contribution < -0.4 is 4.74 Å². The molecule has 1 aromatic carbocycles. The minimum absolute atomic E-state index is 0.169. The van der Waals surface area contributed by atoms with Gasteiger partial charge >= 0.3 is 12.1 Å². The van der Waals surface area contributed by atoms with Crippen molar-refractivity contribution in [1.29, 1.82) is 0 Å². The Hall–Kier alpha value is -2.04. The summed E-state index contributed by atoms with van der Waals surface area (Å²) in [5.41, 5.74) is 0.767. The zero-order valence-electron chi connectivity index (χ0n) is 8.10. The summed E-state index contributed by atoms with van der Waals surface area (Å²) >= 11 is 0. The van der Waals surface area contributed by atoms with E-state index in [2.05, 4.69) is 4.74 Å². The van der Waals surface area contributed by atoms with Crippen LogP contribution in [0.1, 0.15) is 12.5 Å². The molecule has 0 fully saturated rings. The summed E-state index contributed by atoms with van der Waals surface area (Å²) in [6.07, 6.45) is -1.36. The molecule has 0 aliphatic carbocycles. The maximum absolute atomic E-state index is 10.5. The van der Waals surface area contributed by atoms with Crippen molar-refractivity contribution in [2.24, 2.45) is 0 Å². The van der Waals surface area contributed by atoms with E-state index in [1.807, 2.05) is 0 Å². The molecule has 80 valence electrons. The van der Waals surface area contributed by atoms with E-state index in [4.69, 9.17) is 9.84 Å². The third kappa shape index (κ3) is 4.12. The van der Waals surface area contributed by atoms with Gasteiger partial charge in [-0.3, -0.25) is 4.79 Å². The van der Waals surface area contributed by atoms with Gasteiger partial charge in [-0.25, -0.2) is 4.79 Å². The fourth-order valence-corrected chi connectivity index (χ4v) is 0.940. The monoisotopic (exact) mass is 210 g/mol. The maximum Gasteiger partial charge on any atom is 0.511 e. The molecule has 1 N–H and O–H groups in total. The number of hydrogen-bond acceptors (Lipinski definition) is 4. The average molecular weight is 210 g/mol. The number of carbonyl (C=O) groups excluding carboxylic acids is 1. The van der Waals surface area contributed by atoms with Gasteiger partial charge in [0, 0.05) is 6.92 Å². The molecule has 0 aliphatic rings. The third-order valence-electron chi connectivity index (χ3n) is 1.57. The molecule has 0 spiro atoms. The Morgan fingerprint density at radius 3 is 2.33 bits per heavy atom. The highest BCUT2D eigenvalue weighted by Gasteiger charge is 2.01. The van der Waals surface area contributed by atoms with E-state index in [0.29, 0.717) is 0 Å². The molecule has 0 aromatic heterocycles. The second-order valence-corrected chi connectivity index (χ2v) is 2.79. The summed E-state index contributed by atoms with van der Waals surface area (Å²) in [5, 5.41) is 8.32. The van der Waals surface area contributed by atoms with Crippen molar-refractivity contribution in [3.05, 3.63) is 29.8 Å². The van der Waals surface area contributed by atoms with E-state index in [1.165, 1.54) is 19.1 Å². The van der Waals surface area contributed by atoms with Crippen molar-refractivity contribution in [2.45, 2.75) is 13.5 Å². The standard InChI is InChI=1S/C10H10O5/c1-7(11)14-6-8-2-4-9(5-3-8)15-10(12)13/h2-5H,6H2,1H3,(H,12,13). The highest BCUT2D eigenvalue weighted by Crippen LogP contribution is 2.12. The number of rotatable bonds is 3. The quantitative estimate of drug-likeness (QED) is 0.608. The Morgan fingerprint density at radius 1 is 1.27 bits per heavy atom. The van der Waals surface area contributed by atoms with Gasteiger partial charge in [0.2, 0.25) is 0 Å². The smallest absolute Gasteiger partial charge is 0.461 e. The predicted octanol–water partition coefficient (Wildman–Crippen LogP) is 1.81. The first-order valence-electron chi connectivity index (χ1n) is 4.21. The van der Waals surface area contributed by atoms with Crippen LogP contribution in [0.3, 0.4) is 0 Å². The van der Waals surface area contributed by atoms with E-state index in [9.17, 15) is 9.59 Å². The van der Waals surface area contributed by atoms with Gasteiger partial charge < -0.3 is 14.6 Å². The summed E-state index contributed by atoms with van der Waals surface area (Å²) in [6, 6.07) is 6.24. The topological polar surface area (TPSA) is 72.8 Å². The van der Waals surface area contributed by atoms with Crippen LogP contribution in [0.2, 0.25) is 0 Å². The van der Waals surface area contributed by atoms with Gasteiger partial charge in [-0.2, -0.15) is 0 Å². The van der Waals surface area contributed by atoms with E-state index >= 15 is 0 Å². The Balaban J connectivity index is 2.56. The van der Waals surface area contributed by atoms with Crippen molar-refractivity contribution in [3.8, 4) is 5.75 Å². The Bertz CT molecular complexity index is 355. The average Bonchev–Trinajstić information content (AvgIpc) is 2.16. The lowest BCUT2D eigenvalue weighted by molar-refractivity contribution is -0.142. The lowest BCUT2D eigenvalue weighted by atomic mass is 10.2. The number of benzene rings is 1. The van der Waals surface area contributed by atoms with E-state index in [1.54, 1.807) is 12.1 Å². The van der Waals surface area contributed by atoms with Crippen molar-refractivity contribution in [2.75, 3.05) is 0 Å². The number of carboxylic acid groups (broad SMARTS) is 1. The van der Waals surface area contributed by atoms with E-state index < -0.39 is 6.16 Å². The zero-order chi connectivity index (χ0) is 11.3. The Labute approximate surface area is 86.2 Å². The van der Waals surface area contributed by atoms with Crippen LogP contribution in [0, 0.1) is 0 Å². The molecule has 0 radical (unpaired) electrons. The summed E-state index contributed by atoms with van der Waals surface area (Å²) in [7, 11) is 0. The first-order valence-corrected chi connectivity index (χ1v) is 4.21. The van der Waals surface area contributed by atoms with Gasteiger partial charge in [-0.15, -0.1) is 0 Å². The van der Waals surface area contributed by atoms with Crippen LogP contribution in [-0.2, 0) is 16.1 Å². The van der Waals surface area contributed by atoms with Gasteiger partial charge in [-0.05, 0) is 17.7 Å². The highest BCUT2D eigenvalue weighted by atomic mass is 16.7. The molecule has 5 heteroatoms. The van der Waals surface area contributed by atoms with Crippen LogP contribution in [0.4, 0.5) is 4.79 Å². The summed E-state index contributed by atoms with van der Waals surface area (Å²) in [4.78, 5) is 20.7. The first kappa shape index (κ1) is 11.0. The van der Waals surface area contributed by atoms with Gasteiger partial charge in [0.1, 0.15) is 12.4 Å². The van der Waals surface area contributed by atoms with E-state index in [-0.39, 0.29) is 18.3 Å². The van der Waals surface area contributed by atoms with Crippen LogP contribution >= 0.6 is 0 Å². The van der Waals surface area contributed by atoms with Crippen LogP contribution in [0.25, 0.3) is 0 Å². The van der Waals surface area contributed by atoms with E-state index in [0.717, 1.165) is 5.56 Å². The normalized spacial score (nSPS) is 9.40. The second kappa shape index (κ2) is 4.99. The highest BCUT2D eigenvalue weighted by molar-refractivity contribution is 5.66. The van der Waals surface area contributed by atoms with Crippen LogP contribution in [0.5, 0.6) is 5.75 Å². The molecular weight excluding hydrogens is 200 g/mol. The summed E-state index contributed by atoms with van der Waals surface area (Å²) in [6.45, 7) is 1.49. The summed E-state index contributed by atoms with van der Waals surface area (Å²) < 4.78 is 9.16. The van der Waals surface area contributed by atoms with Crippen LogP contribution in [0.15, 0.2) is 24.3 Å². The SMILES string of the molecule is CC(=O)OCc1ccc(OC(=O)O)cc1. The van der Waals surface area contributed by atoms with Gasteiger partial charge in [0.15, 0.2) is 0 Å². The fraction of sp³-hybridized carbons (Fsp3) is 0.200. The maximum atomic E-state index is 10.5. The lowest BCUT2D eigenvalue weighted by Gasteiger charge is -2.03. The second-order valence-electron chi connectivity index (χ2n) is 2.79. The fourth-order valence-electron chi connectivity index (χ4n) is 0.940. The minimum atomic E-state index is -1.36. The summed E-state index contributed by atoms with van der Waals surface area (Å²) in [5.74, 6) is -0.130. The zero-order valence-corrected chi connectivity index (χ0v) is 8.10. The van der Waals surface area contributed by atoms with Crippen molar-refractivity contribution in [1.82, 2.24) is 0 Å². The molecule has 15 heavy (non-hydrogen) atoms. The predicted molar refractivity (Wildman–Crippen MR) is 50.6 cm³/mol. The van der Waals surface area contributed by atoms with Crippen molar-refractivity contribution in [3.63, 3.8) is 0 Å². The molecule has 0 bridgehead atoms. The molecule has 0 unspecified atom stereocenters.